The molecule has 2 aliphatic rings. The molecule has 2 aliphatic carbocycles. The van der Waals surface area contributed by atoms with E-state index in [2.05, 4.69) is 51.2 Å². The van der Waals surface area contributed by atoms with Crippen LogP contribution in [0.2, 0.25) is 0 Å². The van der Waals surface area contributed by atoms with Crippen LogP contribution in [-0.4, -0.2) is 10.0 Å². The van der Waals surface area contributed by atoms with Gasteiger partial charge in [0.15, 0.2) is 0 Å². The van der Waals surface area contributed by atoms with Crippen LogP contribution in [0.3, 0.4) is 0 Å². The summed E-state index contributed by atoms with van der Waals surface area (Å²) < 4.78 is 35.1. The molecule has 0 amide bonds. The standard InChI is InChI=1S/C7H7ClO4.C7H7I/c9-8(10,11)12-7-5-3-1-2-4-6-7;8-7-5-3-1-2-4-6-7/h1-7H;1-7H. The summed E-state index contributed by atoms with van der Waals surface area (Å²) in [5.74, 6) is 0. The Morgan fingerprint density at radius 3 is 1.50 bits per heavy atom. The minimum Gasteiger partial charge on any atom is -0.183 e. The SMILES string of the molecule is IC1C=CC=CC=C1.[O-][Cl+3]([O-])([O-])OC1C=CC=CC=C1. The van der Waals surface area contributed by atoms with Crippen LogP contribution in [0.5, 0.6) is 0 Å². The zero-order valence-corrected chi connectivity index (χ0v) is 13.4. The lowest BCUT2D eigenvalue weighted by Gasteiger charge is -2.14. The van der Waals surface area contributed by atoms with Gasteiger partial charge in [0.05, 0.1) is 14.5 Å². The van der Waals surface area contributed by atoms with Crippen LogP contribution in [-0.2, 0) is 4.29 Å². The first-order valence-electron chi connectivity index (χ1n) is 5.74. The number of rotatable bonds is 2. The maximum atomic E-state index is 10.1. The van der Waals surface area contributed by atoms with Gasteiger partial charge in [-0.3, -0.25) is 0 Å². The van der Waals surface area contributed by atoms with Crippen LogP contribution in [0.4, 0.5) is 0 Å². The Labute approximate surface area is 134 Å². The van der Waals surface area contributed by atoms with Gasteiger partial charge in [-0.25, -0.2) is 0 Å². The molecule has 108 valence electrons. The molecule has 0 aromatic rings. The molecule has 20 heavy (non-hydrogen) atoms. The Hall–Kier alpha value is -0.700. The van der Waals surface area contributed by atoms with Gasteiger partial charge in [0.2, 0.25) is 0 Å². The fraction of sp³-hybridized carbons (Fsp3) is 0.143. The smallest absolute Gasteiger partial charge is 0.183 e. The van der Waals surface area contributed by atoms with E-state index < -0.39 is 16.3 Å². The third-order valence-electron chi connectivity index (χ3n) is 2.07. The summed E-state index contributed by atoms with van der Waals surface area (Å²) in [5.41, 5.74) is 0. The molecule has 6 heteroatoms. The number of hydrogen-bond acceptors (Lipinski definition) is 4. The Balaban J connectivity index is 0.000000217. The lowest BCUT2D eigenvalue weighted by Crippen LogP contribution is -2.62. The van der Waals surface area contributed by atoms with E-state index in [-0.39, 0.29) is 0 Å². The van der Waals surface area contributed by atoms with E-state index in [9.17, 15) is 14.0 Å². The van der Waals surface area contributed by atoms with Crippen molar-refractivity contribution in [2.45, 2.75) is 10.0 Å². The first-order valence-corrected chi connectivity index (χ1v) is 8.22. The lowest BCUT2D eigenvalue weighted by molar-refractivity contribution is -1.92. The first-order chi connectivity index (χ1) is 9.47. The zero-order valence-electron chi connectivity index (χ0n) is 10.5. The van der Waals surface area contributed by atoms with Crippen molar-refractivity contribution in [3.63, 3.8) is 0 Å². The maximum Gasteiger partial charge on any atom is 0.250 e. The number of allylic oxidation sites excluding steroid dienone is 10. The molecule has 0 atom stereocenters. The summed E-state index contributed by atoms with van der Waals surface area (Å²) in [6, 6.07) is 0. The molecule has 0 fully saturated rings. The molecule has 0 saturated carbocycles. The predicted octanol–water partition coefficient (Wildman–Crippen LogP) is 0.423. The molecule has 0 saturated heterocycles. The third kappa shape index (κ3) is 9.24. The van der Waals surface area contributed by atoms with Gasteiger partial charge < -0.3 is 0 Å². The number of alkyl halides is 1. The summed E-state index contributed by atoms with van der Waals surface area (Å²) in [7, 11) is -4.36. The highest BCUT2D eigenvalue weighted by atomic mass is 127. The number of halogens is 2. The fourth-order valence-electron chi connectivity index (χ4n) is 1.26. The molecule has 0 heterocycles. The van der Waals surface area contributed by atoms with Crippen molar-refractivity contribution in [1.82, 2.24) is 0 Å². The lowest BCUT2D eigenvalue weighted by atomic mass is 10.3. The highest BCUT2D eigenvalue weighted by Gasteiger charge is 2.23. The highest BCUT2D eigenvalue weighted by Crippen LogP contribution is 2.06. The topological polar surface area (TPSA) is 78.4 Å². The molecule has 0 radical (unpaired) electrons. The van der Waals surface area contributed by atoms with Gasteiger partial charge in [0.25, 0.3) is 6.10 Å². The zero-order chi connectivity index (χ0) is 14.8. The van der Waals surface area contributed by atoms with Crippen LogP contribution in [0, 0.1) is 10.2 Å². The largest absolute Gasteiger partial charge is 0.250 e. The van der Waals surface area contributed by atoms with Crippen molar-refractivity contribution in [3.8, 4) is 0 Å². The third-order valence-corrected chi connectivity index (χ3v) is 3.32. The van der Waals surface area contributed by atoms with E-state index in [1.807, 2.05) is 12.2 Å². The van der Waals surface area contributed by atoms with Gasteiger partial charge >= 0.3 is 0 Å². The molecule has 4 nitrogen and oxygen atoms in total. The summed E-state index contributed by atoms with van der Waals surface area (Å²) >= 11 is 2.37. The molecular weight excluding hydrogens is 395 g/mol. The number of hydrogen-bond donors (Lipinski definition) is 0. The van der Waals surface area contributed by atoms with Gasteiger partial charge in [0.1, 0.15) is 0 Å². The molecule has 0 spiro atoms. The van der Waals surface area contributed by atoms with Gasteiger partial charge in [0, 0.05) is 3.92 Å². The van der Waals surface area contributed by atoms with Gasteiger partial charge in [-0.1, -0.05) is 83.4 Å². The van der Waals surface area contributed by atoms with Gasteiger partial charge in [-0.2, -0.15) is 14.0 Å². The summed E-state index contributed by atoms with van der Waals surface area (Å²) in [6.45, 7) is 0. The van der Waals surface area contributed by atoms with Crippen LogP contribution in [0.1, 0.15) is 0 Å². The minimum atomic E-state index is -4.36. The molecular formula is C14H14ClIO4. The van der Waals surface area contributed by atoms with Crippen molar-refractivity contribution in [1.29, 1.82) is 0 Å². The van der Waals surface area contributed by atoms with E-state index in [1.54, 1.807) is 24.3 Å². The van der Waals surface area contributed by atoms with E-state index in [1.165, 1.54) is 12.2 Å². The average molecular weight is 409 g/mol. The molecule has 0 bridgehead atoms. The second-order valence-electron chi connectivity index (χ2n) is 3.69. The van der Waals surface area contributed by atoms with E-state index in [0.29, 0.717) is 3.92 Å². The Morgan fingerprint density at radius 2 is 1.10 bits per heavy atom. The molecule has 2 rings (SSSR count). The van der Waals surface area contributed by atoms with E-state index in [0.717, 1.165) is 0 Å². The van der Waals surface area contributed by atoms with Crippen LogP contribution in [0.25, 0.3) is 0 Å². The second-order valence-corrected chi connectivity index (χ2v) is 6.06. The maximum absolute atomic E-state index is 10.1. The summed E-state index contributed by atoms with van der Waals surface area (Å²) in [4.78, 5) is 0. The van der Waals surface area contributed by atoms with E-state index in [4.69, 9.17) is 0 Å². The quantitative estimate of drug-likeness (QED) is 0.490. The monoisotopic (exact) mass is 408 g/mol. The Bertz CT molecular complexity index is 426. The van der Waals surface area contributed by atoms with Crippen LogP contribution < -0.4 is 14.0 Å². The molecule has 0 aromatic carbocycles. The first kappa shape index (κ1) is 17.4. The van der Waals surface area contributed by atoms with Crippen molar-refractivity contribution in [3.05, 3.63) is 72.9 Å². The minimum absolute atomic E-state index is 0.572. The molecule has 0 aromatic heterocycles. The average Bonchev–Trinajstić information content (AvgIpc) is 2.72. The molecule has 0 N–H and O–H groups in total. The van der Waals surface area contributed by atoms with Crippen LogP contribution >= 0.6 is 22.6 Å². The van der Waals surface area contributed by atoms with Crippen molar-refractivity contribution >= 4 is 22.6 Å². The fourth-order valence-corrected chi connectivity index (χ4v) is 2.11. The van der Waals surface area contributed by atoms with E-state index >= 15 is 0 Å². The van der Waals surface area contributed by atoms with Crippen molar-refractivity contribution in [2.24, 2.45) is 0 Å². The Kier molecular flexibility index (Phi) is 8.05. The van der Waals surface area contributed by atoms with Crippen LogP contribution in [0.15, 0.2) is 72.9 Å². The highest BCUT2D eigenvalue weighted by molar-refractivity contribution is 14.1. The van der Waals surface area contributed by atoms with Crippen molar-refractivity contribution in [2.75, 3.05) is 0 Å². The summed E-state index contributed by atoms with van der Waals surface area (Å²) in [6.07, 6.45) is 21.2. The normalized spacial score (nSPS) is 18.6. The van der Waals surface area contributed by atoms with Crippen molar-refractivity contribution < 1.29 is 28.5 Å². The molecule has 0 aliphatic heterocycles. The second kappa shape index (κ2) is 9.28. The van der Waals surface area contributed by atoms with Gasteiger partial charge in [-0.05, 0) is 12.2 Å². The molecule has 0 unspecified atom stereocenters. The predicted molar refractivity (Wildman–Crippen MR) is 77.5 cm³/mol. The van der Waals surface area contributed by atoms with Gasteiger partial charge in [-0.15, -0.1) is 0 Å². The Morgan fingerprint density at radius 1 is 0.700 bits per heavy atom. The summed E-state index contributed by atoms with van der Waals surface area (Å²) in [5, 5.41) is 0.